The summed E-state index contributed by atoms with van der Waals surface area (Å²) in [5.74, 6) is -0.318. The average molecular weight is 298 g/mol. The summed E-state index contributed by atoms with van der Waals surface area (Å²) in [5.41, 5.74) is 2.28. The number of carbonyl (C=O) groups is 2. The van der Waals surface area contributed by atoms with E-state index in [-0.39, 0.29) is 17.8 Å². The topological polar surface area (TPSA) is 47.2 Å². The molecule has 0 bridgehead atoms. The molecule has 0 aliphatic heterocycles. The zero-order valence-electron chi connectivity index (χ0n) is 13.1. The number of ketones is 1. The molecule has 0 unspecified atom stereocenters. The molecule has 4 heteroatoms. The molecule has 2 aromatic rings. The molecule has 0 saturated heterocycles. The highest BCUT2D eigenvalue weighted by atomic mass is 16.5. The van der Waals surface area contributed by atoms with Crippen LogP contribution in [0.5, 0.6) is 0 Å². The van der Waals surface area contributed by atoms with Gasteiger partial charge >= 0.3 is 5.97 Å². The van der Waals surface area contributed by atoms with Crippen LogP contribution in [0.25, 0.3) is 0 Å². The highest BCUT2D eigenvalue weighted by Gasteiger charge is 2.23. The van der Waals surface area contributed by atoms with E-state index in [1.54, 1.807) is 36.0 Å². The van der Waals surface area contributed by atoms with E-state index in [0.29, 0.717) is 17.7 Å². The molecule has 114 valence electrons. The van der Waals surface area contributed by atoms with Crippen molar-refractivity contribution in [3.63, 3.8) is 0 Å². The van der Waals surface area contributed by atoms with Gasteiger partial charge in [-0.15, -0.1) is 0 Å². The van der Waals surface area contributed by atoms with Gasteiger partial charge in [0.05, 0.1) is 12.2 Å². The van der Waals surface area contributed by atoms with Crippen LogP contribution in [0.1, 0.15) is 46.2 Å². The van der Waals surface area contributed by atoms with Crippen molar-refractivity contribution in [2.24, 2.45) is 0 Å². The lowest BCUT2D eigenvalue weighted by molar-refractivity contribution is -0.704. The van der Waals surface area contributed by atoms with Crippen LogP contribution in [0, 0.1) is 6.92 Å². The summed E-state index contributed by atoms with van der Waals surface area (Å²) in [6.07, 6.45) is 3.45. The second kappa shape index (κ2) is 6.98. The van der Waals surface area contributed by atoms with Crippen LogP contribution in [-0.2, 0) is 4.74 Å². The number of esters is 1. The largest absolute Gasteiger partial charge is 0.462 e. The van der Waals surface area contributed by atoms with Gasteiger partial charge in [0.1, 0.15) is 0 Å². The molecule has 1 aromatic carbocycles. The molecule has 0 N–H and O–H groups in total. The number of aromatic nitrogens is 1. The van der Waals surface area contributed by atoms with Gasteiger partial charge in [0.25, 0.3) is 0 Å². The zero-order valence-corrected chi connectivity index (χ0v) is 13.1. The first-order valence-corrected chi connectivity index (χ1v) is 7.31. The molecule has 0 saturated carbocycles. The summed E-state index contributed by atoms with van der Waals surface area (Å²) in [7, 11) is 0. The lowest BCUT2D eigenvalue weighted by Gasteiger charge is -2.07. The van der Waals surface area contributed by atoms with Gasteiger partial charge in [0.2, 0.25) is 11.8 Å². The Kier molecular flexibility index (Phi) is 5.04. The maximum Gasteiger partial charge on any atom is 0.338 e. The van der Waals surface area contributed by atoms with Crippen LogP contribution < -0.4 is 4.57 Å². The third-order valence-corrected chi connectivity index (χ3v) is 3.53. The number of carbonyl (C=O) groups excluding carboxylic acids is 2. The molecule has 4 nitrogen and oxygen atoms in total. The highest BCUT2D eigenvalue weighted by Crippen LogP contribution is 2.10. The first-order valence-electron chi connectivity index (χ1n) is 7.31. The van der Waals surface area contributed by atoms with E-state index in [0.717, 1.165) is 5.56 Å². The van der Waals surface area contributed by atoms with Crippen molar-refractivity contribution in [2.45, 2.75) is 26.8 Å². The second-order valence-corrected chi connectivity index (χ2v) is 5.16. The quantitative estimate of drug-likeness (QED) is 0.484. The van der Waals surface area contributed by atoms with Gasteiger partial charge in [-0.3, -0.25) is 4.79 Å². The van der Waals surface area contributed by atoms with Crippen molar-refractivity contribution < 1.29 is 18.9 Å². The Hall–Kier alpha value is -2.49. The lowest BCUT2D eigenvalue weighted by atomic mass is 10.0. The molecule has 2 rings (SSSR count). The molecule has 0 fully saturated rings. The lowest BCUT2D eigenvalue weighted by Crippen LogP contribution is -2.41. The predicted molar refractivity (Wildman–Crippen MR) is 82.8 cm³/mol. The van der Waals surface area contributed by atoms with E-state index in [1.165, 1.54) is 0 Å². The van der Waals surface area contributed by atoms with Gasteiger partial charge in [-0.1, -0.05) is 29.8 Å². The van der Waals surface area contributed by atoms with E-state index >= 15 is 0 Å². The van der Waals surface area contributed by atoms with Crippen LogP contribution in [-0.4, -0.2) is 18.4 Å². The molecule has 22 heavy (non-hydrogen) atoms. The number of aryl methyl sites for hydroxylation is 1. The number of rotatable bonds is 5. The average Bonchev–Trinajstić information content (AvgIpc) is 2.54. The van der Waals surface area contributed by atoms with E-state index in [9.17, 15) is 9.59 Å². The molecule has 0 aliphatic carbocycles. The van der Waals surface area contributed by atoms with Crippen LogP contribution >= 0.6 is 0 Å². The minimum absolute atomic E-state index is 0.0360. The van der Waals surface area contributed by atoms with Gasteiger partial charge in [-0.05, 0) is 13.8 Å². The smallest absolute Gasteiger partial charge is 0.338 e. The van der Waals surface area contributed by atoms with Crippen molar-refractivity contribution in [3.05, 3.63) is 65.5 Å². The van der Waals surface area contributed by atoms with Crippen molar-refractivity contribution in [2.75, 3.05) is 6.61 Å². The first-order chi connectivity index (χ1) is 10.5. The maximum absolute atomic E-state index is 12.5. The minimum atomic E-state index is -0.354. The number of hydrogen-bond acceptors (Lipinski definition) is 3. The van der Waals surface area contributed by atoms with Crippen LogP contribution in [0.2, 0.25) is 0 Å². The van der Waals surface area contributed by atoms with E-state index in [2.05, 4.69) is 0 Å². The Labute approximate surface area is 130 Å². The Morgan fingerprint density at radius 2 is 1.64 bits per heavy atom. The van der Waals surface area contributed by atoms with Crippen molar-refractivity contribution in [3.8, 4) is 0 Å². The van der Waals surface area contributed by atoms with E-state index in [4.69, 9.17) is 4.74 Å². The number of Topliss-reactive ketones (excluding diaryl/α,β-unsaturated/α-hetero) is 1. The summed E-state index contributed by atoms with van der Waals surface area (Å²) >= 11 is 0. The van der Waals surface area contributed by atoms with Gasteiger partial charge in [0.15, 0.2) is 12.4 Å². The van der Waals surface area contributed by atoms with Gasteiger partial charge in [0, 0.05) is 24.6 Å². The molecule has 1 aromatic heterocycles. The molecular formula is C18H20NO3+. The molecule has 1 heterocycles. The molecular weight excluding hydrogens is 278 g/mol. The third-order valence-electron chi connectivity index (χ3n) is 3.53. The monoisotopic (exact) mass is 298 g/mol. The fourth-order valence-corrected chi connectivity index (χ4v) is 2.14. The highest BCUT2D eigenvalue weighted by molar-refractivity contribution is 5.97. The predicted octanol–water partition coefficient (Wildman–Crippen LogP) is 2.90. The number of nitrogens with zero attached hydrogens (tertiary/aromatic N) is 1. The van der Waals surface area contributed by atoms with Gasteiger partial charge in [-0.2, -0.15) is 4.57 Å². The van der Waals surface area contributed by atoms with Crippen molar-refractivity contribution >= 4 is 11.8 Å². The fourth-order valence-electron chi connectivity index (χ4n) is 2.14. The number of benzene rings is 1. The summed E-state index contributed by atoms with van der Waals surface area (Å²) < 4.78 is 6.72. The minimum Gasteiger partial charge on any atom is -0.462 e. The van der Waals surface area contributed by atoms with Crippen LogP contribution in [0.15, 0.2) is 48.8 Å². The van der Waals surface area contributed by atoms with Gasteiger partial charge in [-0.25, -0.2) is 4.79 Å². The zero-order chi connectivity index (χ0) is 16.1. The fraction of sp³-hybridized carbons (Fsp3) is 0.278. The number of pyridine rings is 1. The van der Waals surface area contributed by atoms with Gasteiger partial charge < -0.3 is 4.74 Å². The van der Waals surface area contributed by atoms with E-state index in [1.807, 2.05) is 38.1 Å². The second-order valence-electron chi connectivity index (χ2n) is 5.16. The third kappa shape index (κ3) is 3.58. The molecule has 1 atom stereocenters. The molecule has 0 amide bonds. The van der Waals surface area contributed by atoms with E-state index < -0.39 is 0 Å². The standard InChI is InChI=1S/C18H20NO3/c1-4-22-18(21)16-9-11-19(12-10-16)14(3)17(20)15-7-5-13(2)6-8-15/h5-12,14H,4H2,1-3H3/q+1/t14-/m0/s1. The Morgan fingerprint density at radius 1 is 1.05 bits per heavy atom. The maximum atomic E-state index is 12.5. The SMILES string of the molecule is CCOC(=O)c1cc[n+]([C@@H](C)C(=O)c2ccc(C)cc2)cc1. The molecule has 0 spiro atoms. The Balaban J connectivity index is 2.15. The number of hydrogen-bond donors (Lipinski definition) is 0. The first kappa shape index (κ1) is 15.9. The number of ether oxygens (including phenoxy) is 1. The summed E-state index contributed by atoms with van der Waals surface area (Å²) in [5, 5.41) is 0. The van der Waals surface area contributed by atoms with Crippen molar-refractivity contribution in [1.29, 1.82) is 0 Å². The van der Waals surface area contributed by atoms with Crippen LogP contribution in [0.4, 0.5) is 0 Å². The molecule has 0 radical (unpaired) electrons. The summed E-state index contributed by atoms with van der Waals surface area (Å²) in [4.78, 5) is 24.1. The molecule has 0 aliphatic rings. The Bertz CT molecular complexity index is 660. The van der Waals surface area contributed by atoms with Crippen LogP contribution in [0.3, 0.4) is 0 Å². The Morgan fingerprint density at radius 3 is 2.18 bits per heavy atom. The van der Waals surface area contributed by atoms with Crippen molar-refractivity contribution in [1.82, 2.24) is 0 Å². The summed E-state index contributed by atoms with van der Waals surface area (Å²) in [6.45, 7) is 5.94. The summed E-state index contributed by atoms with van der Waals surface area (Å²) in [6, 6.07) is 10.5. The normalized spacial score (nSPS) is 11.8.